The van der Waals surface area contributed by atoms with Crippen molar-refractivity contribution >= 4 is 5.82 Å². The number of pyridine rings is 1. The number of rotatable bonds is 5. The molecule has 2 aromatic rings. The van der Waals surface area contributed by atoms with Crippen molar-refractivity contribution in [3.8, 4) is 0 Å². The molecule has 1 fully saturated rings. The Labute approximate surface area is 145 Å². The highest BCUT2D eigenvalue weighted by Crippen LogP contribution is 2.29. The van der Waals surface area contributed by atoms with Gasteiger partial charge in [-0.3, -0.25) is 9.58 Å². The van der Waals surface area contributed by atoms with Gasteiger partial charge in [0.2, 0.25) is 0 Å². The Morgan fingerprint density at radius 3 is 2.83 bits per heavy atom. The van der Waals surface area contributed by atoms with Crippen LogP contribution in [-0.2, 0) is 6.54 Å². The lowest BCUT2D eigenvalue weighted by molar-refractivity contribution is 0.194. The van der Waals surface area contributed by atoms with E-state index in [1.807, 2.05) is 26.5 Å². The molecule has 0 aromatic carbocycles. The zero-order valence-corrected chi connectivity index (χ0v) is 15.3. The second-order valence-electron chi connectivity index (χ2n) is 7.28. The minimum atomic E-state index is 0.415. The molecule has 1 atom stereocenters. The molecule has 1 aliphatic heterocycles. The summed E-state index contributed by atoms with van der Waals surface area (Å²) in [5, 5.41) is 4.47. The average molecular weight is 327 g/mol. The van der Waals surface area contributed by atoms with Crippen molar-refractivity contribution in [3.63, 3.8) is 0 Å². The van der Waals surface area contributed by atoms with Gasteiger partial charge in [0.05, 0.1) is 5.69 Å². The monoisotopic (exact) mass is 327 g/mol. The number of piperidine rings is 1. The largest absolute Gasteiger partial charge is 0.363 e. The third-order valence-corrected chi connectivity index (χ3v) is 4.83. The molecule has 2 aromatic heterocycles. The fourth-order valence-corrected chi connectivity index (χ4v) is 3.56. The zero-order valence-electron chi connectivity index (χ0n) is 15.3. The van der Waals surface area contributed by atoms with Gasteiger partial charge in [0, 0.05) is 45.6 Å². The topological polar surface area (TPSA) is 37.2 Å². The molecule has 5 nitrogen and oxygen atoms in total. The minimum Gasteiger partial charge on any atom is -0.363 e. The molecule has 3 heterocycles. The van der Waals surface area contributed by atoms with Gasteiger partial charge >= 0.3 is 0 Å². The molecule has 130 valence electrons. The Hall–Kier alpha value is -1.88. The summed E-state index contributed by atoms with van der Waals surface area (Å²) in [5.74, 6) is 1.64. The summed E-state index contributed by atoms with van der Waals surface area (Å²) in [6.07, 6.45) is 6.37. The summed E-state index contributed by atoms with van der Waals surface area (Å²) >= 11 is 0. The van der Waals surface area contributed by atoms with Crippen molar-refractivity contribution < 1.29 is 0 Å². The highest BCUT2D eigenvalue weighted by atomic mass is 15.3. The van der Waals surface area contributed by atoms with Crippen LogP contribution < -0.4 is 4.90 Å². The Morgan fingerprint density at radius 2 is 2.08 bits per heavy atom. The van der Waals surface area contributed by atoms with Crippen LogP contribution in [0.4, 0.5) is 5.82 Å². The van der Waals surface area contributed by atoms with Crippen LogP contribution in [0.1, 0.15) is 49.9 Å². The van der Waals surface area contributed by atoms with Gasteiger partial charge in [0.1, 0.15) is 5.82 Å². The van der Waals surface area contributed by atoms with Crippen molar-refractivity contribution in [2.45, 2.75) is 45.2 Å². The van der Waals surface area contributed by atoms with E-state index in [9.17, 15) is 0 Å². The van der Waals surface area contributed by atoms with E-state index in [2.05, 4.69) is 56.6 Å². The predicted octanol–water partition coefficient (Wildman–Crippen LogP) is 3.30. The van der Waals surface area contributed by atoms with Gasteiger partial charge < -0.3 is 4.90 Å². The SMILES string of the molecule is CC(C)n1nccc1CN1CCCC(c2ccnc(N(C)C)c2)C1. The maximum atomic E-state index is 4.47. The maximum Gasteiger partial charge on any atom is 0.128 e. The van der Waals surface area contributed by atoms with Crippen molar-refractivity contribution in [1.82, 2.24) is 19.7 Å². The normalized spacial score (nSPS) is 19.0. The van der Waals surface area contributed by atoms with Gasteiger partial charge in [0.25, 0.3) is 0 Å². The molecule has 0 spiro atoms. The molecule has 0 amide bonds. The van der Waals surface area contributed by atoms with Crippen molar-refractivity contribution in [2.24, 2.45) is 0 Å². The lowest BCUT2D eigenvalue weighted by Gasteiger charge is -2.33. The van der Waals surface area contributed by atoms with Crippen molar-refractivity contribution in [2.75, 3.05) is 32.1 Å². The molecule has 1 aliphatic rings. The molecule has 1 unspecified atom stereocenters. The summed E-state index contributed by atoms with van der Waals surface area (Å²) < 4.78 is 2.14. The van der Waals surface area contributed by atoms with Crippen LogP contribution >= 0.6 is 0 Å². The lowest BCUT2D eigenvalue weighted by Crippen LogP contribution is -2.34. The number of anilines is 1. The summed E-state index contributed by atoms with van der Waals surface area (Å²) in [5.41, 5.74) is 2.73. The first-order valence-electron chi connectivity index (χ1n) is 8.92. The summed E-state index contributed by atoms with van der Waals surface area (Å²) in [6, 6.07) is 6.99. The first-order chi connectivity index (χ1) is 11.5. The van der Waals surface area contributed by atoms with E-state index in [0.29, 0.717) is 12.0 Å². The van der Waals surface area contributed by atoms with Gasteiger partial charge in [-0.15, -0.1) is 0 Å². The van der Waals surface area contributed by atoms with E-state index in [1.165, 1.54) is 30.6 Å². The number of hydrogen-bond acceptors (Lipinski definition) is 4. The van der Waals surface area contributed by atoms with Crippen LogP contribution in [0, 0.1) is 0 Å². The summed E-state index contributed by atoms with van der Waals surface area (Å²) in [6.45, 7) is 7.65. The zero-order chi connectivity index (χ0) is 17.1. The fraction of sp³-hybridized carbons (Fsp3) is 0.579. The lowest BCUT2D eigenvalue weighted by atomic mass is 9.91. The number of likely N-dealkylation sites (tertiary alicyclic amines) is 1. The van der Waals surface area contributed by atoms with Crippen LogP contribution in [0.15, 0.2) is 30.6 Å². The third-order valence-electron chi connectivity index (χ3n) is 4.83. The van der Waals surface area contributed by atoms with Crippen molar-refractivity contribution in [3.05, 3.63) is 41.9 Å². The molecule has 0 aliphatic carbocycles. The molecule has 5 heteroatoms. The van der Waals surface area contributed by atoms with Crippen LogP contribution in [0.5, 0.6) is 0 Å². The Morgan fingerprint density at radius 1 is 1.25 bits per heavy atom. The summed E-state index contributed by atoms with van der Waals surface area (Å²) in [4.78, 5) is 9.09. The van der Waals surface area contributed by atoms with Gasteiger partial charge in [-0.1, -0.05) is 0 Å². The first-order valence-corrected chi connectivity index (χ1v) is 8.92. The molecule has 0 saturated carbocycles. The molecule has 24 heavy (non-hydrogen) atoms. The highest BCUT2D eigenvalue weighted by Gasteiger charge is 2.23. The van der Waals surface area contributed by atoms with Crippen LogP contribution in [0.2, 0.25) is 0 Å². The van der Waals surface area contributed by atoms with Gasteiger partial charge in [-0.2, -0.15) is 5.10 Å². The Kier molecular flexibility index (Phi) is 5.19. The van der Waals surface area contributed by atoms with Gasteiger partial charge in [-0.05, 0) is 62.9 Å². The molecular weight excluding hydrogens is 298 g/mol. The minimum absolute atomic E-state index is 0.415. The molecule has 3 rings (SSSR count). The smallest absolute Gasteiger partial charge is 0.128 e. The average Bonchev–Trinajstić information content (AvgIpc) is 3.03. The Bertz CT molecular complexity index is 661. The Balaban J connectivity index is 1.70. The fourth-order valence-electron chi connectivity index (χ4n) is 3.56. The van der Waals surface area contributed by atoms with E-state index in [4.69, 9.17) is 0 Å². The van der Waals surface area contributed by atoms with Crippen LogP contribution in [-0.4, -0.2) is 46.8 Å². The maximum absolute atomic E-state index is 4.47. The van der Waals surface area contributed by atoms with E-state index in [0.717, 1.165) is 18.9 Å². The molecule has 0 radical (unpaired) electrons. The quantitative estimate of drug-likeness (QED) is 0.844. The van der Waals surface area contributed by atoms with Crippen molar-refractivity contribution in [1.29, 1.82) is 0 Å². The van der Waals surface area contributed by atoms with E-state index in [-0.39, 0.29) is 0 Å². The predicted molar refractivity (Wildman–Crippen MR) is 98.4 cm³/mol. The standard InChI is InChI=1S/C19H29N5/c1-15(2)24-18(8-10-21-24)14-23-11-5-6-17(13-23)16-7-9-20-19(12-16)22(3)4/h7-10,12,15,17H,5-6,11,13-14H2,1-4H3. The first kappa shape index (κ1) is 17.0. The van der Waals surface area contributed by atoms with Crippen LogP contribution in [0.25, 0.3) is 0 Å². The third kappa shape index (κ3) is 3.78. The second kappa shape index (κ2) is 7.34. The number of aromatic nitrogens is 3. The number of nitrogens with zero attached hydrogens (tertiary/aromatic N) is 5. The van der Waals surface area contributed by atoms with E-state index < -0.39 is 0 Å². The molecular formula is C19H29N5. The second-order valence-corrected chi connectivity index (χ2v) is 7.28. The molecule has 0 N–H and O–H groups in total. The van der Waals surface area contributed by atoms with Gasteiger partial charge in [-0.25, -0.2) is 4.98 Å². The van der Waals surface area contributed by atoms with E-state index >= 15 is 0 Å². The molecule has 1 saturated heterocycles. The highest BCUT2D eigenvalue weighted by molar-refractivity contribution is 5.40. The van der Waals surface area contributed by atoms with Crippen LogP contribution in [0.3, 0.4) is 0 Å². The van der Waals surface area contributed by atoms with Gasteiger partial charge in [0.15, 0.2) is 0 Å². The molecule has 0 bridgehead atoms. The number of hydrogen-bond donors (Lipinski definition) is 0. The van der Waals surface area contributed by atoms with E-state index in [1.54, 1.807) is 0 Å². The summed E-state index contributed by atoms with van der Waals surface area (Å²) in [7, 11) is 4.10.